The summed E-state index contributed by atoms with van der Waals surface area (Å²) in [5.74, 6) is -0.438. The van der Waals surface area contributed by atoms with E-state index in [1.807, 2.05) is 4.90 Å². The fourth-order valence-electron chi connectivity index (χ4n) is 3.40. The minimum absolute atomic E-state index is 0.00458. The van der Waals surface area contributed by atoms with Crippen molar-refractivity contribution in [2.24, 2.45) is 0 Å². The second-order valence-electron chi connectivity index (χ2n) is 8.31. The van der Waals surface area contributed by atoms with Crippen LogP contribution in [0, 0.1) is 0 Å². The maximum Gasteiger partial charge on any atom is 0.311 e. The van der Waals surface area contributed by atoms with Crippen LogP contribution >= 0.6 is 0 Å². The summed E-state index contributed by atoms with van der Waals surface area (Å²) in [6, 6.07) is 8.72. The number of carbonyl (C=O) groups is 3. The van der Waals surface area contributed by atoms with Gasteiger partial charge in [0.1, 0.15) is 0 Å². The highest BCUT2D eigenvalue weighted by molar-refractivity contribution is 6.35. The normalized spacial score (nSPS) is 17.3. The Morgan fingerprint density at radius 2 is 1.69 bits per heavy atom. The Morgan fingerprint density at radius 1 is 1.03 bits per heavy atom. The van der Waals surface area contributed by atoms with Crippen LogP contribution in [0.5, 0.6) is 0 Å². The van der Waals surface area contributed by atoms with Gasteiger partial charge in [0.15, 0.2) is 0 Å². The van der Waals surface area contributed by atoms with Crippen LogP contribution in [-0.4, -0.2) is 72.8 Å². The van der Waals surface area contributed by atoms with Gasteiger partial charge in [-0.05, 0) is 36.3 Å². The standard InChI is InChI=1S/C22H32N4O3/c1-16(2)18-5-3-17(4-6-18)9-10-23-20(27)15-25-11-13-26(14-12-25)22(29)21(28)24-19-7-8-19/h3-6,16,19H,7-15H2,1-2H3,(H,23,27)(H,24,28). The van der Waals surface area contributed by atoms with Gasteiger partial charge >= 0.3 is 11.8 Å². The average Bonchev–Trinajstić information content (AvgIpc) is 3.52. The minimum Gasteiger partial charge on any atom is -0.355 e. The Kier molecular flexibility index (Phi) is 7.25. The maximum atomic E-state index is 12.2. The molecule has 1 heterocycles. The molecule has 158 valence electrons. The highest BCUT2D eigenvalue weighted by Crippen LogP contribution is 2.18. The van der Waals surface area contributed by atoms with E-state index >= 15 is 0 Å². The lowest BCUT2D eigenvalue weighted by Gasteiger charge is -2.33. The van der Waals surface area contributed by atoms with Crippen molar-refractivity contribution in [2.75, 3.05) is 39.3 Å². The summed E-state index contributed by atoms with van der Waals surface area (Å²) in [6.07, 6.45) is 2.73. The first-order valence-corrected chi connectivity index (χ1v) is 10.6. The van der Waals surface area contributed by atoms with E-state index in [-0.39, 0.29) is 11.9 Å². The Bertz CT molecular complexity index is 720. The van der Waals surface area contributed by atoms with Crippen LogP contribution in [0.2, 0.25) is 0 Å². The third kappa shape index (κ3) is 6.56. The Balaban J connectivity index is 1.32. The molecule has 1 saturated heterocycles. The van der Waals surface area contributed by atoms with Gasteiger partial charge in [-0.2, -0.15) is 0 Å². The number of benzene rings is 1. The summed E-state index contributed by atoms with van der Waals surface area (Å²) in [7, 11) is 0. The van der Waals surface area contributed by atoms with Crippen LogP contribution < -0.4 is 10.6 Å². The molecule has 7 heteroatoms. The molecule has 2 fully saturated rings. The lowest BCUT2D eigenvalue weighted by molar-refractivity contribution is -0.147. The lowest BCUT2D eigenvalue weighted by Crippen LogP contribution is -2.54. The van der Waals surface area contributed by atoms with E-state index in [1.165, 1.54) is 11.1 Å². The van der Waals surface area contributed by atoms with Crippen molar-refractivity contribution in [3.63, 3.8) is 0 Å². The number of nitrogens with zero attached hydrogens (tertiary/aromatic N) is 2. The van der Waals surface area contributed by atoms with Gasteiger partial charge in [-0.25, -0.2) is 0 Å². The molecule has 0 spiro atoms. The molecule has 3 amide bonds. The number of hydrogen-bond acceptors (Lipinski definition) is 4. The fraction of sp³-hybridized carbons (Fsp3) is 0.591. The first-order valence-electron chi connectivity index (χ1n) is 10.6. The van der Waals surface area contributed by atoms with E-state index in [0.29, 0.717) is 45.2 Å². The van der Waals surface area contributed by atoms with Crippen LogP contribution in [-0.2, 0) is 20.8 Å². The Morgan fingerprint density at radius 3 is 2.28 bits per heavy atom. The smallest absolute Gasteiger partial charge is 0.311 e. The summed E-state index contributed by atoms with van der Waals surface area (Å²) in [4.78, 5) is 39.8. The largest absolute Gasteiger partial charge is 0.355 e. The van der Waals surface area contributed by atoms with E-state index in [9.17, 15) is 14.4 Å². The molecule has 29 heavy (non-hydrogen) atoms. The molecule has 2 N–H and O–H groups in total. The molecule has 1 aliphatic carbocycles. The molecule has 2 aliphatic rings. The molecule has 0 aromatic heterocycles. The zero-order chi connectivity index (χ0) is 20.8. The predicted octanol–water partition coefficient (Wildman–Crippen LogP) is 0.892. The Labute approximate surface area is 172 Å². The molecule has 1 aromatic rings. The zero-order valence-electron chi connectivity index (χ0n) is 17.4. The van der Waals surface area contributed by atoms with Gasteiger partial charge < -0.3 is 15.5 Å². The second kappa shape index (κ2) is 9.87. The SMILES string of the molecule is CC(C)c1ccc(CCNC(=O)CN2CCN(C(=O)C(=O)NC3CC3)CC2)cc1. The fourth-order valence-corrected chi connectivity index (χ4v) is 3.40. The molecule has 0 unspecified atom stereocenters. The third-order valence-electron chi connectivity index (χ3n) is 5.52. The highest BCUT2D eigenvalue weighted by atomic mass is 16.2. The first kappa shape index (κ1) is 21.3. The predicted molar refractivity (Wildman–Crippen MR) is 111 cm³/mol. The summed E-state index contributed by atoms with van der Waals surface area (Å²) in [6.45, 7) is 7.45. The van der Waals surface area contributed by atoms with Crippen LogP contribution in [0.15, 0.2) is 24.3 Å². The van der Waals surface area contributed by atoms with E-state index in [2.05, 4.69) is 48.7 Å². The molecule has 1 saturated carbocycles. The first-order chi connectivity index (χ1) is 13.9. The Hall–Kier alpha value is -2.41. The van der Waals surface area contributed by atoms with Crippen molar-refractivity contribution in [3.8, 4) is 0 Å². The number of rotatable bonds is 7. The third-order valence-corrected chi connectivity index (χ3v) is 5.52. The van der Waals surface area contributed by atoms with Gasteiger partial charge in [0, 0.05) is 38.8 Å². The van der Waals surface area contributed by atoms with Gasteiger partial charge in [-0.3, -0.25) is 19.3 Å². The highest BCUT2D eigenvalue weighted by Gasteiger charge is 2.30. The average molecular weight is 401 g/mol. The molecule has 1 aromatic carbocycles. The number of nitrogens with one attached hydrogen (secondary N) is 2. The van der Waals surface area contributed by atoms with Gasteiger partial charge in [0.05, 0.1) is 6.54 Å². The topological polar surface area (TPSA) is 81.8 Å². The molecule has 0 bridgehead atoms. The molecule has 3 rings (SSSR count). The number of carbonyl (C=O) groups excluding carboxylic acids is 3. The van der Waals surface area contributed by atoms with Crippen LogP contribution in [0.4, 0.5) is 0 Å². The van der Waals surface area contributed by atoms with Crippen molar-refractivity contribution in [1.82, 2.24) is 20.4 Å². The molecule has 7 nitrogen and oxygen atoms in total. The van der Waals surface area contributed by atoms with Crippen molar-refractivity contribution in [1.29, 1.82) is 0 Å². The van der Waals surface area contributed by atoms with Gasteiger partial charge in [-0.15, -0.1) is 0 Å². The van der Waals surface area contributed by atoms with Crippen molar-refractivity contribution in [3.05, 3.63) is 35.4 Å². The van der Waals surface area contributed by atoms with Crippen LogP contribution in [0.1, 0.15) is 43.7 Å². The summed E-state index contributed by atoms with van der Waals surface area (Å²) in [5, 5.41) is 5.70. The number of amides is 3. The van der Waals surface area contributed by atoms with E-state index < -0.39 is 11.8 Å². The lowest BCUT2D eigenvalue weighted by atomic mass is 10.0. The quantitative estimate of drug-likeness (QED) is 0.666. The molecular weight excluding hydrogens is 368 g/mol. The summed E-state index contributed by atoms with van der Waals surface area (Å²) < 4.78 is 0. The number of piperazine rings is 1. The molecule has 1 aliphatic heterocycles. The second-order valence-corrected chi connectivity index (χ2v) is 8.31. The van der Waals surface area contributed by atoms with Crippen molar-refractivity contribution >= 4 is 17.7 Å². The minimum atomic E-state index is -0.500. The molecule has 0 atom stereocenters. The van der Waals surface area contributed by atoms with Gasteiger partial charge in [0.25, 0.3) is 0 Å². The maximum absolute atomic E-state index is 12.2. The van der Waals surface area contributed by atoms with Crippen LogP contribution in [0.3, 0.4) is 0 Å². The van der Waals surface area contributed by atoms with E-state index in [0.717, 1.165) is 19.3 Å². The van der Waals surface area contributed by atoms with Gasteiger partial charge in [0.2, 0.25) is 5.91 Å². The van der Waals surface area contributed by atoms with Gasteiger partial charge in [-0.1, -0.05) is 38.1 Å². The summed E-state index contributed by atoms with van der Waals surface area (Å²) in [5.41, 5.74) is 2.53. The molecular formula is C22H32N4O3. The summed E-state index contributed by atoms with van der Waals surface area (Å²) >= 11 is 0. The van der Waals surface area contributed by atoms with E-state index in [4.69, 9.17) is 0 Å². The monoisotopic (exact) mass is 400 g/mol. The number of hydrogen-bond donors (Lipinski definition) is 2. The zero-order valence-corrected chi connectivity index (χ0v) is 17.4. The molecule has 0 radical (unpaired) electrons. The van der Waals surface area contributed by atoms with Crippen molar-refractivity contribution < 1.29 is 14.4 Å². The van der Waals surface area contributed by atoms with Crippen molar-refractivity contribution in [2.45, 2.75) is 45.1 Å². The van der Waals surface area contributed by atoms with Crippen LogP contribution in [0.25, 0.3) is 0 Å². The van der Waals surface area contributed by atoms with E-state index in [1.54, 1.807) is 4.90 Å².